The van der Waals surface area contributed by atoms with Crippen LogP contribution in [0.25, 0.3) is 33.2 Å². The third kappa shape index (κ3) is 4.43. The topological polar surface area (TPSA) is 102 Å². The number of aromatic amines is 2. The van der Waals surface area contributed by atoms with Crippen molar-refractivity contribution in [1.29, 1.82) is 0 Å². The maximum atomic E-state index is 12.6. The van der Waals surface area contributed by atoms with Crippen LogP contribution in [0.5, 0.6) is 0 Å². The molecule has 8 heteroatoms. The summed E-state index contributed by atoms with van der Waals surface area (Å²) in [6.07, 6.45) is 3.67. The molecule has 5 aromatic rings. The molecule has 1 saturated heterocycles. The summed E-state index contributed by atoms with van der Waals surface area (Å²) in [4.78, 5) is 35.8. The molecule has 6 rings (SSSR count). The number of nitrogens with zero attached hydrogens (tertiary/aromatic N) is 2. The normalized spacial score (nSPS) is 14.4. The van der Waals surface area contributed by atoms with E-state index in [-0.39, 0.29) is 12.3 Å². The van der Waals surface area contributed by atoms with Crippen LogP contribution in [0.4, 0.5) is 0 Å². The summed E-state index contributed by atoms with van der Waals surface area (Å²) >= 11 is 0. The molecule has 0 spiro atoms. The number of carbonyl (C=O) groups excluding carboxylic acids is 1. The fourth-order valence-electron chi connectivity index (χ4n) is 4.78. The molecular formula is C28H26N4O4. The zero-order valence-electron chi connectivity index (χ0n) is 19.7. The van der Waals surface area contributed by atoms with Gasteiger partial charge in [0.05, 0.1) is 5.52 Å². The second-order valence-electron chi connectivity index (χ2n) is 9.24. The van der Waals surface area contributed by atoms with Gasteiger partial charge in [0.1, 0.15) is 12.3 Å². The van der Waals surface area contributed by atoms with Crippen molar-refractivity contribution in [2.75, 3.05) is 13.2 Å². The molecule has 0 atom stereocenters. The quantitative estimate of drug-likeness (QED) is 0.343. The molecule has 2 N–H and O–H groups in total. The molecule has 0 amide bonds. The van der Waals surface area contributed by atoms with Gasteiger partial charge < -0.3 is 14.5 Å². The van der Waals surface area contributed by atoms with Crippen LogP contribution in [0.3, 0.4) is 0 Å². The Balaban J connectivity index is 1.26. The Bertz CT molecular complexity index is 1590. The molecule has 182 valence electrons. The zero-order valence-corrected chi connectivity index (χ0v) is 19.7. The maximum Gasteiger partial charge on any atom is 0.355 e. The van der Waals surface area contributed by atoms with Crippen molar-refractivity contribution >= 4 is 28.0 Å². The molecule has 0 saturated carbocycles. The highest BCUT2D eigenvalue weighted by atomic mass is 16.5. The first-order valence-electron chi connectivity index (χ1n) is 12.1. The molecule has 36 heavy (non-hydrogen) atoms. The number of carbonyl (C=O) groups is 1. The molecule has 0 unspecified atom stereocenters. The van der Waals surface area contributed by atoms with E-state index in [1.807, 2.05) is 54.6 Å². The maximum absolute atomic E-state index is 12.6. The average molecular weight is 483 g/mol. The van der Waals surface area contributed by atoms with Crippen molar-refractivity contribution in [3.05, 3.63) is 88.6 Å². The van der Waals surface area contributed by atoms with Crippen molar-refractivity contribution in [3.63, 3.8) is 0 Å². The number of hydrogen-bond acceptors (Lipinski definition) is 5. The lowest BCUT2D eigenvalue weighted by Crippen LogP contribution is -2.25. The lowest BCUT2D eigenvalue weighted by Gasteiger charge is -2.22. The Kier molecular flexibility index (Phi) is 5.87. The molecule has 0 radical (unpaired) electrons. The predicted octanol–water partition coefficient (Wildman–Crippen LogP) is 4.66. The number of hydrogen-bond donors (Lipinski definition) is 2. The van der Waals surface area contributed by atoms with Crippen molar-refractivity contribution in [2.45, 2.75) is 26.0 Å². The first-order chi connectivity index (χ1) is 17.6. The van der Waals surface area contributed by atoms with Crippen LogP contribution in [-0.2, 0) is 22.6 Å². The second-order valence-corrected chi connectivity index (χ2v) is 9.24. The third-order valence-electron chi connectivity index (χ3n) is 6.80. The van der Waals surface area contributed by atoms with Gasteiger partial charge >= 0.3 is 11.7 Å². The minimum absolute atomic E-state index is 0.138. The Morgan fingerprint density at radius 2 is 1.86 bits per heavy atom. The van der Waals surface area contributed by atoms with Crippen molar-refractivity contribution < 1.29 is 14.3 Å². The largest absolute Gasteiger partial charge is 0.456 e. The zero-order chi connectivity index (χ0) is 24.5. The van der Waals surface area contributed by atoms with Gasteiger partial charge in [-0.1, -0.05) is 36.4 Å². The summed E-state index contributed by atoms with van der Waals surface area (Å²) in [6, 6.07) is 19.3. The third-order valence-corrected chi connectivity index (χ3v) is 6.80. The number of H-pyrrole nitrogens is 2. The molecule has 4 heterocycles. The number of esters is 1. The van der Waals surface area contributed by atoms with E-state index in [0.717, 1.165) is 59.2 Å². The summed E-state index contributed by atoms with van der Waals surface area (Å²) in [5.41, 5.74) is 5.28. The van der Waals surface area contributed by atoms with E-state index in [1.54, 1.807) is 16.8 Å². The molecule has 1 fully saturated rings. The van der Waals surface area contributed by atoms with Gasteiger partial charge in [-0.25, -0.2) is 14.6 Å². The van der Waals surface area contributed by atoms with Crippen molar-refractivity contribution in [3.8, 4) is 11.1 Å². The first kappa shape index (κ1) is 22.3. The summed E-state index contributed by atoms with van der Waals surface area (Å²) in [6.45, 7) is 2.35. The van der Waals surface area contributed by atoms with E-state index >= 15 is 0 Å². The highest BCUT2D eigenvalue weighted by Crippen LogP contribution is 2.27. The van der Waals surface area contributed by atoms with E-state index in [1.165, 1.54) is 0 Å². The van der Waals surface area contributed by atoms with Gasteiger partial charge in [-0.2, -0.15) is 0 Å². The first-order valence-corrected chi connectivity index (χ1v) is 12.1. The summed E-state index contributed by atoms with van der Waals surface area (Å²) in [5.74, 6) is 0.0134. The van der Waals surface area contributed by atoms with Gasteiger partial charge in [-0.3, -0.25) is 9.55 Å². The fraction of sp³-hybridized carbons (Fsp3) is 0.250. The standard InChI is InChI=1S/C28H26N4O4/c33-27(36-17-19-4-2-1-3-5-19)24-13-21-12-20(6-7-23(21)30-24)22-14-25-26(29-15-22)31-28(34)32(25)16-18-8-10-35-11-9-18/h1-7,12-15,18,30H,8-11,16-17H2,(H,29,31,34). The molecule has 2 aromatic carbocycles. The highest BCUT2D eigenvalue weighted by molar-refractivity contribution is 5.96. The molecule has 1 aliphatic rings. The number of benzene rings is 2. The highest BCUT2D eigenvalue weighted by Gasteiger charge is 2.18. The van der Waals surface area contributed by atoms with E-state index in [0.29, 0.717) is 23.8 Å². The lowest BCUT2D eigenvalue weighted by molar-refractivity contribution is 0.0467. The smallest absolute Gasteiger partial charge is 0.355 e. The summed E-state index contributed by atoms with van der Waals surface area (Å²) < 4.78 is 12.7. The number of nitrogens with one attached hydrogen (secondary N) is 2. The van der Waals surface area contributed by atoms with E-state index in [4.69, 9.17) is 9.47 Å². The fourth-order valence-corrected chi connectivity index (χ4v) is 4.78. The molecule has 0 aliphatic carbocycles. The average Bonchev–Trinajstić information content (AvgIpc) is 3.48. The molecule has 3 aromatic heterocycles. The Morgan fingerprint density at radius 1 is 1.03 bits per heavy atom. The number of fused-ring (bicyclic) bond motifs is 2. The number of imidazole rings is 1. The number of rotatable bonds is 6. The van der Waals surface area contributed by atoms with Crippen LogP contribution in [0.1, 0.15) is 28.9 Å². The Labute approximate surface area is 206 Å². The Morgan fingerprint density at radius 3 is 2.69 bits per heavy atom. The summed E-state index contributed by atoms with van der Waals surface area (Å²) in [5, 5.41) is 0.896. The van der Waals surface area contributed by atoms with Gasteiger partial charge in [-0.15, -0.1) is 0 Å². The lowest BCUT2D eigenvalue weighted by atomic mass is 10.0. The number of pyridine rings is 1. The van der Waals surface area contributed by atoms with Gasteiger partial charge in [-0.05, 0) is 54.2 Å². The molecule has 8 nitrogen and oxygen atoms in total. The van der Waals surface area contributed by atoms with Gasteiger partial charge in [0.2, 0.25) is 0 Å². The van der Waals surface area contributed by atoms with Crippen LogP contribution in [0.15, 0.2) is 71.7 Å². The predicted molar refractivity (Wildman–Crippen MR) is 137 cm³/mol. The van der Waals surface area contributed by atoms with Gasteiger partial charge in [0.25, 0.3) is 0 Å². The number of ether oxygens (including phenoxy) is 2. The molecule has 0 bridgehead atoms. The minimum Gasteiger partial charge on any atom is -0.456 e. The van der Waals surface area contributed by atoms with Crippen LogP contribution in [-0.4, -0.2) is 38.7 Å². The Hall–Kier alpha value is -4.17. The van der Waals surface area contributed by atoms with Crippen LogP contribution >= 0.6 is 0 Å². The summed E-state index contributed by atoms with van der Waals surface area (Å²) in [7, 11) is 0. The van der Waals surface area contributed by atoms with E-state index in [9.17, 15) is 9.59 Å². The van der Waals surface area contributed by atoms with E-state index < -0.39 is 5.97 Å². The van der Waals surface area contributed by atoms with Gasteiger partial charge in [0.15, 0.2) is 5.65 Å². The number of aromatic nitrogens is 4. The van der Waals surface area contributed by atoms with Crippen molar-refractivity contribution in [2.24, 2.45) is 5.92 Å². The van der Waals surface area contributed by atoms with Gasteiger partial charge in [0, 0.05) is 42.4 Å². The molecular weight excluding hydrogens is 456 g/mol. The monoisotopic (exact) mass is 482 g/mol. The molecule has 1 aliphatic heterocycles. The SMILES string of the molecule is O=C(OCc1ccccc1)c1cc2cc(-c3cnc4[nH]c(=O)n(CC5CCOCC5)c4c3)ccc2[nH]1. The minimum atomic E-state index is -0.399. The van der Waals surface area contributed by atoms with Crippen molar-refractivity contribution in [1.82, 2.24) is 19.5 Å². The van der Waals surface area contributed by atoms with Crippen LogP contribution in [0, 0.1) is 5.92 Å². The van der Waals surface area contributed by atoms with Crippen LogP contribution < -0.4 is 5.69 Å². The van der Waals surface area contributed by atoms with E-state index in [2.05, 4.69) is 15.0 Å². The van der Waals surface area contributed by atoms with Crippen LogP contribution in [0.2, 0.25) is 0 Å². The second kappa shape index (κ2) is 9.47.